The molecular weight excluding hydrogens is 264 g/mol. The summed E-state index contributed by atoms with van der Waals surface area (Å²) in [5, 5.41) is 7.21. The van der Waals surface area contributed by atoms with E-state index in [1.54, 1.807) is 0 Å². The molecule has 0 bridgehead atoms. The molecule has 2 rings (SSSR count). The fraction of sp³-hybridized carbons (Fsp3) is 0.235. The molecule has 2 N–H and O–H groups in total. The van der Waals surface area contributed by atoms with Gasteiger partial charge in [0, 0.05) is 5.69 Å². The van der Waals surface area contributed by atoms with Crippen LogP contribution in [0.4, 0.5) is 5.69 Å². The van der Waals surface area contributed by atoms with Crippen molar-refractivity contribution in [2.24, 2.45) is 0 Å². The first kappa shape index (κ1) is 14.5. The SMILES string of the molecule is Cc1ccc(NC(=S)NC(C)c2ccccc2)c(C)c1. The van der Waals surface area contributed by atoms with Gasteiger partial charge in [-0.2, -0.15) is 0 Å². The predicted molar refractivity (Wildman–Crippen MR) is 90.1 cm³/mol. The average Bonchev–Trinajstić information content (AvgIpc) is 2.43. The molecule has 1 unspecified atom stereocenters. The summed E-state index contributed by atoms with van der Waals surface area (Å²) in [6.07, 6.45) is 0. The number of anilines is 1. The first-order chi connectivity index (χ1) is 9.56. The molecule has 0 fully saturated rings. The molecule has 0 aliphatic carbocycles. The number of hydrogen-bond acceptors (Lipinski definition) is 1. The van der Waals surface area contributed by atoms with Gasteiger partial charge in [0.15, 0.2) is 5.11 Å². The lowest BCUT2D eigenvalue weighted by Gasteiger charge is -2.18. The van der Waals surface area contributed by atoms with Gasteiger partial charge in [-0.15, -0.1) is 0 Å². The first-order valence-electron chi connectivity index (χ1n) is 6.76. The molecule has 3 heteroatoms. The van der Waals surface area contributed by atoms with Crippen LogP contribution in [0.2, 0.25) is 0 Å². The van der Waals surface area contributed by atoms with Gasteiger partial charge in [0.05, 0.1) is 6.04 Å². The number of rotatable bonds is 3. The van der Waals surface area contributed by atoms with Crippen molar-refractivity contribution in [3.8, 4) is 0 Å². The molecule has 0 amide bonds. The second kappa shape index (κ2) is 6.53. The summed E-state index contributed by atoms with van der Waals surface area (Å²) in [5.41, 5.74) is 4.72. The van der Waals surface area contributed by atoms with E-state index in [1.807, 2.05) is 18.2 Å². The van der Waals surface area contributed by atoms with Gasteiger partial charge < -0.3 is 10.6 Å². The van der Waals surface area contributed by atoms with E-state index in [0.29, 0.717) is 5.11 Å². The summed E-state index contributed by atoms with van der Waals surface area (Å²) < 4.78 is 0. The smallest absolute Gasteiger partial charge is 0.171 e. The van der Waals surface area contributed by atoms with Gasteiger partial charge in [-0.25, -0.2) is 0 Å². The van der Waals surface area contributed by atoms with Gasteiger partial charge in [-0.3, -0.25) is 0 Å². The molecule has 2 aromatic carbocycles. The van der Waals surface area contributed by atoms with Crippen molar-refractivity contribution < 1.29 is 0 Å². The van der Waals surface area contributed by atoms with Crippen molar-refractivity contribution in [3.63, 3.8) is 0 Å². The van der Waals surface area contributed by atoms with Crippen molar-refractivity contribution >= 4 is 23.0 Å². The number of aryl methyl sites for hydroxylation is 2. The van der Waals surface area contributed by atoms with Crippen molar-refractivity contribution in [2.45, 2.75) is 26.8 Å². The second-order valence-electron chi connectivity index (χ2n) is 5.05. The Hall–Kier alpha value is -1.87. The molecule has 1 atom stereocenters. The fourth-order valence-corrected chi connectivity index (χ4v) is 2.42. The van der Waals surface area contributed by atoms with E-state index in [0.717, 1.165) is 5.69 Å². The summed E-state index contributed by atoms with van der Waals surface area (Å²) >= 11 is 5.38. The van der Waals surface area contributed by atoms with Crippen molar-refractivity contribution in [2.75, 3.05) is 5.32 Å². The molecular formula is C17H20N2S. The lowest BCUT2D eigenvalue weighted by Crippen LogP contribution is -2.31. The molecule has 20 heavy (non-hydrogen) atoms. The predicted octanol–water partition coefficient (Wildman–Crippen LogP) is 4.35. The lowest BCUT2D eigenvalue weighted by atomic mass is 10.1. The highest BCUT2D eigenvalue weighted by Gasteiger charge is 2.07. The summed E-state index contributed by atoms with van der Waals surface area (Å²) in [5.74, 6) is 0. The minimum atomic E-state index is 0.182. The highest BCUT2D eigenvalue weighted by atomic mass is 32.1. The third kappa shape index (κ3) is 3.81. The van der Waals surface area contributed by atoms with E-state index in [1.165, 1.54) is 16.7 Å². The van der Waals surface area contributed by atoms with Crippen LogP contribution in [0.1, 0.15) is 29.7 Å². The van der Waals surface area contributed by atoms with Crippen molar-refractivity contribution in [1.29, 1.82) is 0 Å². The largest absolute Gasteiger partial charge is 0.356 e. The zero-order valence-corrected chi connectivity index (χ0v) is 12.9. The average molecular weight is 284 g/mol. The monoisotopic (exact) mass is 284 g/mol. The Bertz CT molecular complexity index is 593. The van der Waals surface area contributed by atoms with Gasteiger partial charge >= 0.3 is 0 Å². The van der Waals surface area contributed by atoms with E-state index < -0.39 is 0 Å². The van der Waals surface area contributed by atoms with Gasteiger partial charge in [0.1, 0.15) is 0 Å². The van der Waals surface area contributed by atoms with Crippen LogP contribution >= 0.6 is 12.2 Å². The second-order valence-corrected chi connectivity index (χ2v) is 5.46. The van der Waals surface area contributed by atoms with Crippen LogP contribution in [0.25, 0.3) is 0 Å². The maximum atomic E-state index is 5.38. The summed E-state index contributed by atoms with van der Waals surface area (Å²) in [6.45, 7) is 6.27. The maximum absolute atomic E-state index is 5.38. The molecule has 2 nitrogen and oxygen atoms in total. The number of thiocarbonyl (C=S) groups is 1. The Balaban J connectivity index is 1.99. The number of hydrogen-bond donors (Lipinski definition) is 2. The third-order valence-corrected chi connectivity index (χ3v) is 3.50. The molecule has 0 radical (unpaired) electrons. The number of nitrogens with one attached hydrogen (secondary N) is 2. The van der Waals surface area contributed by atoms with Crippen LogP contribution < -0.4 is 10.6 Å². The van der Waals surface area contributed by atoms with Crippen LogP contribution in [0, 0.1) is 13.8 Å². The van der Waals surface area contributed by atoms with E-state index >= 15 is 0 Å². The molecule has 0 saturated carbocycles. The van der Waals surface area contributed by atoms with Gasteiger partial charge in [-0.05, 0) is 50.2 Å². The summed E-state index contributed by atoms with van der Waals surface area (Å²) in [4.78, 5) is 0. The van der Waals surface area contributed by atoms with E-state index in [2.05, 4.69) is 61.7 Å². The summed E-state index contributed by atoms with van der Waals surface area (Å²) in [6, 6.07) is 16.7. The summed E-state index contributed by atoms with van der Waals surface area (Å²) in [7, 11) is 0. The first-order valence-corrected chi connectivity index (χ1v) is 7.17. The number of benzene rings is 2. The minimum absolute atomic E-state index is 0.182. The fourth-order valence-electron chi connectivity index (χ4n) is 2.13. The highest BCUT2D eigenvalue weighted by Crippen LogP contribution is 2.17. The minimum Gasteiger partial charge on any atom is -0.356 e. The Morgan fingerprint density at radius 3 is 2.40 bits per heavy atom. The molecule has 0 heterocycles. The van der Waals surface area contributed by atoms with Crippen LogP contribution in [0.15, 0.2) is 48.5 Å². The van der Waals surface area contributed by atoms with Gasteiger partial charge in [0.25, 0.3) is 0 Å². The molecule has 0 aliphatic rings. The van der Waals surface area contributed by atoms with Crippen molar-refractivity contribution in [3.05, 3.63) is 65.2 Å². The Labute approximate surface area is 126 Å². The topological polar surface area (TPSA) is 24.1 Å². The van der Waals surface area contributed by atoms with Gasteiger partial charge in [0.2, 0.25) is 0 Å². The maximum Gasteiger partial charge on any atom is 0.171 e. The van der Waals surface area contributed by atoms with E-state index in [4.69, 9.17) is 12.2 Å². The zero-order chi connectivity index (χ0) is 14.5. The standard InChI is InChI=1S/C17H20N2S/c1-12-9-10-16(13(2)11-12)19-17(20)18-14(3)15-7-5-4-6-8-15/h4-11,14H,1-3H3,(H2,18,19,20). The quantitative estimate of drug-likeness (QED) is 0.819. The van der Waals surface area contributed by atoms with Crippen LogP contribution in [-0.2, 0) is 0 Å². The molecule has 0 saturated heterocycles. The Kier molecular flexibility index (Phi) is 4.74. The van der Waals surface area contributed by atoms with E-state index in [9.17, 15) is 0 Å². The van der Waals surface area contributed by atoms with Crippen molar-refractivity contribution in [1.82, 2.24) is 5.32 Å². The van der Waals surface area contributed by atoms with E-state index in [-0.39, 0.29) is 6.04 Å². The molecule has 2 aromatic rings. The highest BCUT2D eigenvalue weighted by molar-refractivity contribution is 7.80. The molecule has 0 aromatic heterocycles. The van der Waals surface area contributed by atoms with Crippen LogP contribution in [-0.4, -0.2) is 5.11 Å². The van der Waals surface area contributed by atoms with Gasteiger partial charge in [-0.1, -0.05) is 48.0 Å². The third-order valence-electron chi connectivity index (χ3n) is 3.28. The zero-order valence-electron chi connectivity index (χ0n) is 12.1. The van der Waals surface area contributed by atoms with Crippen LogP contribution in [0.5, 0.6) is 0 Å². The lowest BCUT2D eigenvalue weighted by molar-refractivity contribution is 0.722. The normalized spacial score (nSPS) is 11.8. The molecule has 0 spiro atoms. The Morgan fingerprint density at radius 2 is 1.75 bits per heavy atom. The van der Waals surface area contributed by atoms with Crippen LogP contribution in [0.3, 0.4) is 0 Å². The Morgan fingerprint density at radius 1 is 1.05 bits per heavy atom. The molecule has 0 aliphatic heterocycles. The molecule has 104 valence electrons.